The van der Waals surface area contributed by atoms with Gasteiger partial charge in [0.2, 0.25) is 17.9 Å². The molecule has 4 atom stereocenters. The number of ether oxygens (including phenoxy) is 2. The van der Waals surface area contributed by atoms with Gasteiger partial charge in [0.1, 0.15) is 18.6 Å². The maximum absolute atomic E-state index is 12.8. The van der Waals surface area contributed by atoms with E-state index in [9.17, 15) is 48.7 Å². The molecule has 0 bridgehead atoms. The van der Waals surface area contributed by atoms with Crippen molar-refractivity contribution in [2.75, 3.05) is 19.7 Å². The fraction of sp³-hybridized carbons (Fsp3) is 0.542. The highest BCUT2D eigenvalue weighted by Gasteiger charge is 2.45. The molecule has 0 saturated carbocycles. The summed E-state index contributed by atoms with van der Waals surface area (Å²) >= 11 is 0. The van der Waals surface area contributed by atoms with Gasteiger partial charge >= 0.3 is 31.7 Å². The van der Waals surface area contributed by atoms with E-state index in [2.05, 4.69) is 40.2 Å². The third-order valence-corrected chi connectivity index (χ3v) is 6.50. The Labute approximate surface area is 265 Å². The molecular formula is C24H35N6O16P. The van der Waals surface area contributed by atoms with Crippen molar-refractivity contribution in [3.05, 3.63) is 29.7 Å². The molecule has 0 radical (unpaired) electrons. The maximum Gasteiger partial charge on any atom is 0.525 e. The number of amides is 2. The zero-order chi connectivity index (χ0) is 35.1. The lowest BCUT2D eigenvalue weighted by atomic mass is 10.1. The van der Waals surface area contributed by atoms with E-state index in [1.54, 1.807) is 0 Å². The van der Waals surface area contributed by atoms with Gasteiger partial charge in [-0.1, -0.05) is 0 Å². The number of nitrogens with two attached hydrogens (primary N) is 1. The molecule has 1 aromatic rings. The second-order valence-electron chi connectivity index (χ2n) is 9.71. The van der Waals surface area contributed by atoms with Gasteiger partial charge in [0.15, 0.2) is 11.9 Å². The zero-order valence-electron chi connectivity index (χ0n) is 24.5. The number of aliphatic hydroxyl groups is 2. The van der Waals surface area contributed by atoms with E-state index in [-0.39, 0.29) is 12.8 Å². The molecule has 2 amide bonds. The van der Waals surface area contributed by atoms with E-state index in [1.165, 1.54) is 12.5 Å². The molecule has 0 fully saturated rings. The van der Waals surface area contributed by atoms with Gasteiger partial charge in [-0.25, -0.2) is 19.1 Å². The van der Waals surface area contributed by atoms with Crippen LogP contribution in [0.5, 0.6) is 0 Å². The first kappa shape index (κ1) is 38.6. The van der Waals surface area contributed by atoms with E-state index in [0.29, 0.717) is 25.1 Å². The van der Waals surface area contributed by atoms with Crippen LogP contribution in [0.1, 0.15) is 37.8 Å². The summed E-state index contributed by atoms with van der Waals surface area (Å²) in [5, 5.41) is 33.8. The number of hydrogen-bond donors (Lipinski definition) is 10. The summed E-state index contributed by atoms with van der Waals surface area (Å²) < 4.78 is 24.5. The van der Waals surface area contributed by atoms with Gasteiger partial charge in [0.05, 0.1) is 25.8 Å². The Bertz CT molecular complexity index is 1350. The second-order valence-corrected chi connectivity index (χ2v) is 10.9. The lowest BCUT2D eigenvalue weighted by molar-refractivity contribution is -0.167. The van der Waals surface area contributed by atoms with Crippen LogP contribution in [0.15, 0.2) is 24.0 Å². The molecule has 47 heavy (non-hydrogen) atoms. The highest BCUT2D eigenvalue weighted by Crippen LogP contribution is 2.42. The number of aromatic amines is 1. The van der Waals surface area contributed by atoms with E-state index >= 15 is 0 Å². The fourth-order valence-electron chi connectivity index (χ4n) is 3.87. The Morgan fingerprint density at radius 3 is 2.40 bits per heavy atom. The largest absolute Gasteiger partial charge is 0.525 e. The third-order valence-electron chi connectivity index (χ3n) is 6.08. The van der Waals surface area contributed by atoms with E-state index in [1.807, 2.05) is 0 Å². The number of phosphoric acid groups is 1. The number of nitrogens with zero attached hydrogens (tertiary/aromatic N) is 1. The molecular weight excluding hydrogens is 659 g/mol. The van der Waals surface area contributed by atoms with E-state index in [0.717, 1.165) is 0 Å². The minimum atomic E-state index is -5.27. The number of aliphatic hydroxyl groups excluding tert-OH is 2. The van der Waals surface area contributed by atoms with Crippen molar-refractivity contribution in [3.8, 4) is 0 Å². The minimum Gasteiger partial charge on any atom is -0.505 e. The quantitative estimate of drug-likeness (QED) is 0.0198. The molecule has 1 aromatic heterocycles. The van der Waals surface area contributed by atoms with Crippen molar-refractivity contribution in [2.45, 2.75) is 62.8 Å². The average molecular weight is 695 g/mol. The number of hydrogen-bond acceptors (Lipinski definition) is 16. The number of carboxylic acids is 1. The topological polar surface area (TPSA) is 348 Å². The summed E-state index contributed by atoms with van der Waals surface area (Å²) in [7, 11) is -5.27. The van der Waals surface area contributed by atoms with Crippen molar-refractivity contribution in [1.82, 2.24) is 26.1 Å². The van der Waals surface area contributed by atoms with Gasteiger partial charge in [-0.05, 0) is 25.8 Å². The number of H-pyrrole nitrogens is 1. The van der Waals surface area contributed by atoms with Gasteiger partial charge in [-0.3, -0.25) is 29.0 Å². The fourth-order valence-corrected chi connectivity index (χ4v) is 4.27. The lowest BCUT2D eigenvalue weighted by Crippen LogP contribution is -2.53. The number of phosphoric ester groups is 1. The number of cyclic esters (lactones) is 1. The normalized spacial score (nSPS) is 16.4. The first-order chi connectivity index (χ1) is 22.1. The first-order valence-electron chi connectivity index (χ1n) is 13.8. The van der Waals surface area contributed by atoms with Gasteiger partial charge in [-0.15, -0.1) is 5.48 Å². The predicted octanol–water partition coefficient (Wildman–Crippen LogP) is -3.33. The number of carbonyl (C=O) groups excluding carboxylic acids is 5. The zero-order valence-corrected chi connectivity index (χ0v) is 25.4. The highest BCUT2D eigenvalue weighted by molar-refractivity contribution is 7.46. The van der Waals surface area contributed by atoms with E-state index in [4.69, 9.17) is 20.3 Å². The number of hydroxylamine groups is 1. The van der Waals surface area contributed by atoms with Crippen LogP contribution in [0.25, 0.3) is 0 Å². The molecule has 23 heteroatoms. The molecule has 0 saturated heterocycles. The molecule has 4 unspecified atom stereocenters. The number of imidazole rings is 1. The van der Waals surface area contributed by atoms with Gasteiger partial charge in [0, 0.05) is 18.3 Å². The van der Waals surface area contributed by atoms with Gasteiger partial charge in [-0.2, -0.15) is 0 Å². The summed E-state index contributed by atoms with van der Waals surface area (Å²) in [6, 6.07) is -2.48. The molecule has 11 N–H and O–H groups in total. The average Bonchev–Trinajstić information content (AvgIpc) is 3.61. The summed E-state index contributed by atoms with van der Waals surface area (Å²) in [4.78, 5) is 102. The number of carbonyl (C=O) groups is 6. The van der Waals surface area contributed by atoms with Crippen molar-refractivity contribution in [3.63, 3.8) is 0 Å². The number of aromatic nitrogens is 2. The number of carboxylic acid groups (broad SMARTS) is 1. The first-order valence-corrected chi connectivity index (χ1v) is 15.3. The second kappa shape index (κ2) is 18.5. The molecule has 2 heterocycles. The summed E-state index contributed by atoms with van der Waals surface area (Å²) in [5.41, 5.74) is 8.00. The molecule has 262 valence electrons. The Kier molecular flexibility index (Phi) is 15.2. The molecule has 1 aliphatic heterocycles. The van der Waals surface area contributed by atoms with E-state index < -0.39 is 105 Å². The Balaban J connectivity index is 1.82. The number of esters is 2. The number of aliphatic carboxylic acids is 1. The Morgan fingerprint density at radius 2 is 1.81 bits per heavy atom. The monoisotopic (exact) mass is 694 g/mol. The van der Waals surface area contributed by atoms with Crippen molar-refractivity contribution < 1.29 is 77.3 Å². The molecule has 22 nitrogen and oxygen atoms in total. The van der Waals surface area contributed by atoms with Crippen LogP contribution in [0.2, 0.25) is 0 Å². The van der Waals surface area contributed by atoms with Crippen LogP contribution >= 0.6 is 7.82 Å². The smallest absolute Gasteiger partial charge is 0.505 e. The highest BCUT2D eigenvalue weighted by atomic mass is 31.2. The minimum absolute atomic E-state index is 0.0981. The van der Waals surface area contributed by atoms with Crippen molar-refractivity contribution in [2.24, 2.45) is 5.73 Å². The molecule has 0 aliphatic carbocycles. The number of rotatable bonds is 21. The van der Waals surface area contributed by atoms with Crippen molar-refractivity contribution in [1.29, 1.82) is 0 Å². The van der Waals surface area contributed by atoms with Crippen LogP contribution < -0.4 is 21.8 Å². The molecule has 1 aliphatic rings. The van der Waals surface area contributed by atoms with Crippen LogP contribution in [0.4, 0.5) is 0 Å². The van der Waals surface area contributed by atoms with Crippen LogP contribution in [0.3, 0.4) is 0 Å². The van der Waals surface area contributed by atoms with Gasteiger partial charge in [0.25, 0.3) is 5.76 Å². The lowest BCUT2D eigenvalue weighted by Gasteiger charge is -2.21. The third kappa shape index (κ3) is 13.3. The summed E-state index contributed by atoms with van der Waals surface area (Å²) in [6.07, 6.45) is -1.19. The standard InChI is InChI=1S/C24H35N6O16P/c25-6-2-1-3-13(22(36)30-14(23(37)38)7-12-8-26-11-27-12)29-16(32)9-28-45-18(34)5-4-17(33)43-15(10-31)20-19(35)21(24(39)44-20)46-47(40,41)42/h8,11,13-15,20,28,31,35H,1-7,9-10,25H2,(H,26,27)(H,29,32)(H,30,36)(H,37,38)(H2,40,41,42). The Morgan fingerprint density at radius 1 is 1.11 bits per heavy atom. The summed E-state index contributed by atoms with van der Waals surface area (Å²) in [6.45, 7) is -1.35. The number of unbranched alkanes of at least 4 members (excludes halogenated alkanes) is 1. The molecule has 0 spiro atoms. The van der Waals surface area contributed by atoms with Crippen molar-refractivity contribution >= 4 is 43.5 Å². The van der Waals surface area contributed by atoms with Gasteiger partial charge < -0.3 is 55.5 Å². The van der Waals surface area contributed by atoms with Crippen LogP contribution in [0, 0.1) is 0 Å². The Hall–Kier alpha value is -4.60. The maximum atomic E-state index is 12.8. The molecule has 0 aromatic carbocycles. The summed E-state index contributed by atoms with van der Waals surface area (Å²) in [5.74, 6) is -8.99. The predicted molar refractivity (Wildman–Crippen MR) is 150 cm³/mol. The number of nitrogens with one attached hydrogen (secondary N) is 4. The molecule has 2 rings (SSSR count). The van der Waals surface area contributed by atoms with Crippen LogP contribution in [-0.2, 0) is 58.6 Å². The SMILES string of the molecule is NCCCCC(NC(=O)CNOC(=O)CCC(=O)OC(CO)C1OC(=O)C(OP(=O)(O)O)=C1O)C(=O)NC(Cc1cnc[nH]1)C(=O)O. The van der Waals surface area contributed by atoms with Crippen LogP contribution in [-0.4, -0.2) is 115 Å².